The number of anilines is 1. The minimum atomic E-state index is -0.356. The smallest absolute Gasteiger partial charge is 0.253 e. The van der Waals surface area contributed by atoms with Crippen LogP contribution >= 0.6 is 0 Å². The van der Waals surface area contributed by atoms with Crippen molar-refractivity contribution in [2.24, 2.45) is 0 Å². The number of aromatic amines is 1. The van der Waals surface area contributed by atoms with E-state index < -0.39 is 0 Å². The normalized spacial score (nSPS) is 20.3. The summed E-state index contributed by atoms with van der Waals surface area (Å²) in [5.74, 6) is 0.0861. The number of carbonyl (C=O) groups excluding carboxylic acids is 2. The van der Waals surface area contributed by atoms with Crippen molar-refractivity contribution < 1.29 is 14.0 Å². The van der Waals surface area contributed by atoms with Crippen LogP contribution in [0.5, 0.6) is 0 Å². The SMILES string of the molecule is Cc1[nH]c(CN2C(=O)C=C3C=C(F)C=CC32)c(C)c1C(=O)NC1CCN(c2ncccn2)CC1. The summed E-state index contributed by atoms with van der Waals surface area (Å²) in [6.07, 6.45) is 11.0. The van der Waals surface area contributed by atoms with Gasteiger partial charge in [0, 0.05) is 49.0 Å². The van der Waals surface area contributed by atoms with E-state index in [-0.39, 0.29) is 29.7 Å². The molecule has 3 aliphatic rings. The molecular formula is C25H27FN6O2. The molecule has 1 saturated heterocycles. The fourth-order valence-electron chi connectivity index (χ4n) is 4.96. The predicted octanol–water partition coefficient (Wildman–Crippen LogP) is 2.88. The lowest BCUT2D eigenvalue weighted by molar-refractivity contribution is -0.126. The number of nitrogens with one attached hydrogen (secondary N) is 2. The minimum absolute atomic E-state index is 0.0746. The van der Waals surface area contributed by atoms with Crippen LogP contribution in [0.4, 0.5) is 10.3 Å². The van der Waals surface area contributed by atoms with Crippen molar-refractivity contribution in [2.75, 3.05) is 18.0 Å². The van der Waals surface area contributed by atoms with Gasteiger partial charge in [-0.15, -0.1) is 0 Å². The van der Waals surface area contributed by atoms with Crippen molar-refractivity contribution in [1.29, 1.82) is 0 Å². The van der Waals surface area contributed by atoms with Gasteiger partial charge in [-0.05, 0) is 56.0 Å². The third kappa shape index (κ3) is 4.13. The molecule has 1 aliphatic carbocycles. The van der Waals surface area contributed by atoms with Gasteiger partial charge in [-0.1, -0.05) is 6.08 Å². The first-order chi connectivity index (χ1) is 16.4. The number of piperidine rings is 1. The topological polar surface area (TPSA) is 94.2 Å². The number of H-pyrrole nitrogens is 1. The zero-order chi connectivity index (χ0) is 23.8. The van der Waals surface area contributed by atoms with Crippen molar-refractivity contribution in [3.8, 4) is 0 Å². The maximum atomic E-state index is 13.6. The fourth-order valence-corrected chi connectivity index (χ4v) is 4.96. The summed E-state index contributed by atoms with van der Waals surface area (Å²) in [6.45, 7) is 5.64. The van der Waals surface area contributed by atoms with Gasteiger partial charge in [-0.3, -0.25) is 9.59 Å². The van der Waals surface area contributed by atoms with Crippen molar-refractivity contribution >= 4 is 17.8 Å². The highest BCUT2D eigenvalue weighted by Crippen LogP contribution is 2.30. The highest BCUT2D eigenvalue weighted by atomic mass is 19.1. The molecule has 2 amide bonds. The molecule has 1 fully saturated rings. The number of allylic oxidation sites excluding steroid dienone is 2. The lowest BCUT2D eigenvalue weighted by atomic mass is 10.0. The van der Waals surface area contributed by atoms with Crippen LogP contribution in [0.1, 0.15) is 40.2 Å². The highest BCUT2D eigenvalue weighted by Gasteiger charge is 2.33. The molecule has 0 radical (unpaired) electrons. The summed E-state index contributed by atoms with van der Waals surface area (Å²) < 4.78 is 13.6. The Balaban J connectivity index is 1.23. The van der Waals surface area contributed by atoms with E-state index in [1.54, 1.807) is 29.4 Å². The lowest BCUT2D eigenvalue weighted by Gasteiger charge is -2.32. The molecule has 9 heteroatoms. The molecule has 1 unspecified atom stereocenters. The van der Waals surface area contributed by atoms with Crippen molar-refractivity contribution in [2.45, 2.75) is 45.3 Å². The Morgan fingerprint density at radius 2 is 1.94 bits per heavy atom. The van der Waals surface area contributed by atoms with E-state index in [9.17, 15) is 14.0 Å². The van der Waals surface area contributed by atoms with Crippen LogP contribution in [-0.4, -0.2) is 56.8 Å². The van der Waals surface area contributed by atoms with E-state index in [0.29, 0.717) is 17.7 Å². The van der Waals surface area contributed by atoms with Crippen molar-refractivity contribution in [3.63, 3.8) is 0 Å². The maximum Gasteiger partial charge on any atom is 0.253 e. The first kappa shape index (κ1) is 22.1. The van der Waals surface area contributed by atoms with Crippen molar-refractivity contribution in [1.82, 2.24) is 25.2 Å². The van der Waals surface area contributed by atoms with Crippen LogP contribution in [0.15, 0.2) is 54.2 Å². The first-order valence-corrected chi connectivity index (χ1v) is 11.5. The van der Waals surface area contributed by atoms with Crippen LogP contribution in [-0.2, 0) is 11.3 Å². The van der Waals surface area contributed by atoms with E-state index in [4.69, 9.17) is 0 Å². The molecule has 1 atom stereocenters. The number of aryl methyl sites for hydroxylation is 1. The van der Waals surface area contributed by atoms with E-state index in [0.717, 1.165) is 48.8 Å². The highest BCUT2D eigenvalue weighted by molar-refractivity contribution is 5.97. The van der Waals surface area contributed by atoms with Crippen LogP contribution in [0.3, 0.4) is 0 Å². The second-order valence-electron chi connectivity index (χ2n) is 8.96. The molecule has 0 saturated carbocycles. The molecule has 0 spiro atoms. The van der Waals surface area contributed by atoms with Gasteiger partial charge in [-0.25, -0.2) is 14.4 Å². The predicted molar refractivity (Wildman–Crippen MR) is 126 cm³/mol. The van der Waals surface area contributed by atoms with Gasteiger partial charge >= 0.3 is 0 Å². The zero-order valence-corrected chi connectivity index (χ0v) is 19.2. The van der Waals surface area contributed by atoms with Gasteiger partial charge in [0.25, 0.3) is 5.91 Å². The summed E-state index contributed by atoms with van der Waals surface area (Å²) in [5, 5.41) is 3.18. The second-order valence-corrected chi connectivity index (χ2v) is 8.96. The number of hydrogen-bond donors (Lipinski definition) is 2. The van der Waals surface area contributed by atoms with Crippen LogP contribution < -0.4 is 10.2 Å². The van der Waals surface area contributed by atoms with Gasteiger partial charge < -0.3 is 20.1 Å². The number of halogens is 1. The average Bonchev–Trinajstić information content (AvgIpc) is 3.29. The summed E-state index contributed by atoms with van der Waals surface area (Å²) in [4.78, 5) is 41.4. The molecule has 0 bridgehead atoms. The molecule has 4 heterocycles. The van der Waals surface area contributed by atoms with E-state index in [1.165, 1.54) is 18.2 Å². The summed E-state index contributed by atoms with van der Waals surface area (Å²) >= 11 is 0. The van der Waals surface area contributed by atoms with Crippen LogP contribution in [0.25, 0.3) is 0 Å². The Hall–Kier alpha value is -3.75. The largest absolute Gasteiger partial charge is 0.360 e. The van der Waals surface area contributed by atoms with Gasteiger partial charge in [-0.2, -0.15) is 0 Å². The molecule has 5 rings (SSSR count). The molecule has 2 aromatic heterocycles. The average molecular weight is 463 g/mol. The molecule has 2 aliphatic heterocycles. The number of hydrogen-bond acceptors (Lipinski definition) is 5. The van der Waals surface area contributed by atoms with Gasteiger partial charge in [0.2, 0.25) is 11.9 Å². The van der Waals surface area contributed by atoms with Crippen LogP contribution in [0.2, 0.25) is 0 Å². The monoisotopic (exact) mass is 462 g/mol. The summed E-state index contributed by atoms with van der Waals surface area (Å²) in [5.41, 5.74) is 3.67. The lowest BCUT2D eigenvalue weighted by Crippen LogP contribution is -2.45. The quantitative estimate of drug-likeness (QED) is 0.713. The third-order valence-electron chi connectivity index (χ3n) is 6.75. The van der Waals surface area contributed by atoms with Crippen molar-refractivity contribution in [3.05, 3.63) is 76.7 Å². The third-order valence-corrected chi connectivity index (χ3v) is 6.75. The first-order valence-electron chi connectivity index (χ1n) is 11.5. The summed E-state index contributed by atoms with van der Waals surface area (Å²) in [7, 11) is 0. The van der Waals surface area contributed by atoms with E-state index >= 15 is 0 Å². The number of rotatable bonds is 5. The minimum Gasteiger partial charge on any atom is -0.360 e. The number of fused-ring (bicyclic) bond motifs is 1. The molecule has 2 N–H and O–H groups in total. The second kappa shape index (κ2) is 8.89. The molecule has 0 aromatic carbocycles. The van der Waals surface area contributed by atoms with Gasteiger partial charge in [0.15, 0.2) is 0 Å². The number of amides is 2. The Morgan fingerprint density at radius 1 is 1.21 bits per heavy atom. The molecule has 8 nitrogen and oxygen atoms in total. The fraction of sp³-hybridized carbons (Fsp3) is 0.360. The Morgan fingerprint density at radius 3 is 2.68 bits per heavy atom. The van der Waals surface area contributed by atoms with E-state index in [2.05, 4.69) is 25.2 Å². The number of aromatic nitrogens is 3. The Kier molecular flexibility index (Phi) is 5.77. The van der Waals surface area contributed by atoms with Gasteiger partial charge in [0.05, 0.1) is 18.2 Å². The van der Waals surface area contributed by atoms with Gasteiger partial charge in [0.1, 0.15) is 5.83 Å². The molecule has 176 valence electrons. The number of nitrogens with zero attached hydrogens (tertiary/aromatic N) is 4. The maximum absolute atomic E-state index is 13.6. The standard InChI is InChI=1S/C25H27FN6O2/c1-15-20(14-32-21-5-4-18(26)12-17(21)13-22(32)33)29-16(2)23(15)24(34)30-19-6-10-31(11-7-19)25-27-8-3-9-28-25/h3-5,8-9,12-13,19,21,29H,6-7,10-11,14H2,1-2H3,(H,30,34). The molecule has 34 heavy (non-hydrogen) atoms. The van der Waals surface area contributed by atoms with Crippen LogP contribution in [0, 0.1) is 13.8 Å². The number of carbonyl (C=O) groups is 2. The molecule has 2 aromatic rings. The Labute approximate surface area is 197 Å². The summed E-state index contributed by atoms with van der Waals surface area (Å²) in [6, 6.07) is 1.58. The Bertz CT molecular complexity index is 1210. The molecular weight excluding hydrogens is 435 g/mol. The zero-order valence-electron chi connectivity index (χ0n) is 19.2. The van der Waals surface area contributed by atoms with E-state index in [1.807, 2.05) is 13.8 Å².